The summed E-state index contributed by atoms with van der Waals surface area (Å²) in [6.07, 6.45) is 1.77. The Morgan fingerprint density at radius 2 is 1.85 bits per heavy atom. The van der Waals surface area contributed by atoms with Gasteiger partial charge in [0, 0.05) is 48.2 Å². The van der Waals surface area contributed by atoms with Gasteiger partial charge in [0.25, 0.3) is 11.5 Å². The number of nitrogens with zero attached hydrogens (tertiary/aromatic N) is 3. The topological polar surface area (TPSA) is 76.5 Å². The van der Waals surface area contributed by atoms with E-state index in [1.165, 1.54) is 41.2 Å². The van der Waals surface area contributed by atoms with Gasteiger partial charge in [0.05, 0.1) is 35.3 Å². The largest absolute Gasteiger partial charge is 0.495 e. The van der Waals surface area contributed by atoms with Crippen LogP contribution in [0.5, 0.6) is 5.75 Å². The van der Waals surface area contributed by atoms with Gasteiger partial charge in [-0.3, -0.25) is 14.2 Å². The summed E-state index contributed by atoms with van der Waals surface area (Å²) in [4.78, 5) is 34.7. The SMILES string of the molecule is COc1ccc(F)cc1-n1c(C=C(C)C)c(C(=O)N2CCNCC2)cc(-c2nc(-c3ccc(Cl)cc3)cs2)c1=O. The molecule has 2 aromatic carbocycles. The Bertz CT molecular complexity index is 1650. The van der Waals surface area contributed by atoms with E-state index in [1.807, 2.05) is 31.4 Å². The summed E-state index contributed by atoms with van der Waals surface area (Å²) >= 11 is 7.35. The third kappa shape index (κ3) is 5.58. The fourth-order valence-corrected chi connectivity index (χ4v) is 5.60. The third-order valence-corrected chi connectivity index (χ3v) is 7.68. The number of rotatable bonds is 6. The Morgan fingerprint density at radius 1 is 1.12 bits per heavy atom. The number of amides is 1. The minimum atomic E-state index is -0.537. The van der Waals surface area contributed by atoms with Crippen LogP contribution in [0.25, 0.3) is 33.6 Å². The number of carbonyl (C=O) groups excluding carboxylic acids is 1. The minimum Gasteiger partial charge on any atom is -0.495 e. The van der Waals surface area contributed by atoms with Crippen LogP contribution >= 0.6 is 22.9 Å². The predicted molar refractivity (Wildman–Crippen MR) is 158 cm³/mol. The Hall–Kier alpha value is -3.79. The second kappa shape index (κ2) is 11.8. The number of benzene rings is 2. The molecule has 0 unspecified atom stereocenters. The lowest BCUT2D eigenvalue weighted by Crippen LogP contribution is -2.47. The third-order valence-electron chi connectivity index (χ3n) is 6.56. The number of methoxy groups -OCH3 is 1. The van der Waals surface area contributed by atoms with Crippen molar-refractivity contribution in [2.75, 3.05) is 33.3 Å². The van der Waals surface area contributed by atoms with Gasteiger partial charge in [-0.1, -0.05) is 29.3 Å². The lowest BCUT2D eigenvalue weighted by Gasteiger charge is -2.29. The number of aromatic nitrogens is 2. The standard InChI is InChI=1S/C30H28ClFN4O3S/c1-18(2)14-25-22(29(37)35-12-10-33-11-13-35)16-23(28-34-24(17-40-28)19-4-6-20(31)7-5-19)30(38)36(25)26-15-21(32)8-9-27(26)39-3/h4-9,14-17,33H,10-13H2,1-3H3. The van der Waals surface area contributed by atoms with Crippen molar-refractivity contribution >= 4 is 34.9 Å². The molecule has 5 rings (SSSR count). The number of hydrogen-bond donors (Lipinski definition) is 1. The number of pyridine rings is 1. The highest BCUT2D eigenvalue weighted by molar-refractivity contribution is 7.13. The molecule has 1 aliphatic heterocycles. The Balaban J connectivity index is 1.79. The average molecular weight is 579 g/mol. The summed E-state index contributed by atoms with van der Waals surface area (Å²) in [5.41, 5.74) is 3.07. The molecular formula is C30H28ClFN4O3S. The van der Waals surface area contributed by atoms with Gasteiger partial charge in [0.2, 0.25) is 0 Å². The van der Waals surface area contributed by atoms with Crippen LogP contribution in [-0.2, 0) is 0 Å². The highest BCUT2D eigenvalue weighted by Crippen LogP contribution is 2.32. The molecule has 3 heterocycles. The van der Waals surface area contributed by atoms with Gasteiger partial charge >= 0.3 is 0 Å². The Labute approximate surface area is 240 Å². The maximum atomic E-state index is 14.6. The molecule has 4 aromatic rings. The summed E-state index contributed by atoms with van der Waals surface area (Å²) in [7, 11) is 1.46. The lowest BCUT2D eigenvalue weighted by atomic mass is 10.0. The summed E-state index contributed by atoms with van der Waals surface area (Å²) in [6.45, 7) is 6.16. The van der Waals surface area contributed by atoms with Gasteiger partial charge in [0.1, 0.15) is 16.6 Å². The van der Waals surface area contributed by atoms with E-state index in [1.54, 1.807) is 29.2 Å². The quantitative estimate of drug-likeness (QED) is 0.308. The molecule has 1 saturated heterocycles. The minimum absolute atomic E-state index is 0.200. The van der Waals surface area contributed by atoms with Crippen LogP contribution in [-0.4, -0.2) is 53.6 Å². The number of thiazole rings is 1. The molecule has 40 heavy (non-hydrogen) atoms. The zero-order valence-electron chi connectivity index (χ0n) is 22.3. The van der Waals surface area contributed by atoms with Crippen LogP contribution in [0.1, 0.15) is 29.9 Å². The van der Waals surface area contributed by atoms with E-state index < -0.39 is 11.4 Å². The van der Waals surface area contributed by atoms with Crippen molar-refractivity contribution in [2.45, 2.75) is 13.8 Å². The van der Waals surface area contributed by atoms with E-state index in [0.29, 0.717) is 58.9 Å². The first-order chi connectivity index (χ1) is 19.3. The van der Waals surface area contributed by atoms with E-state index in [9.17, 15) is 14.0 Å². The molecule has 1 aliphatic rings. The van der Waals surface area contributed by atoms with Crippen molar-refractivity contribution in [2.24, 2.45) is 0 Å². The zero-order valence-corrected chi connectivity index (χ0v) is 23.9. The normalized spacial score (nSPS) is 13.3. The van der Waals surface area contributed by atoms with E-state index in [-0.39, 0.29) is 17.2 Å². The van der Waals surface area contributed by atoms with Crippen molar-refractivity contribution in [1.82, 2.24) is 19.8 Å². The van der Waals surface area contributed by atoms with Gasteiger partial charge in [-0.15, -0.1) is 11.3 Å². The van der Waals surface area contributed by atoms with Crippen LogP contribution in [0.2, 0.25) is 5.02 Å². The number of halogens is 2. The van der Waals surface area contributed by atoms with Gasteiger partial charge in [-0.2, -0.15) is 0 Å². The van der Waals surface area contributed by atoms with Gasteiger partial charge < -0.3 is 15.0 Å². The number of hydrogen-bond acceptors (Lipinski definition) is 6. The fraction of sp³-hybridized carbons (Fsp3) is 0.233. The molecule has 7 nitrogen and oxygen atoms in total. The molecule has 10 heteroatoms. The second-order valence-corrected chi connectivity index (χ2v) is 10.9. The summed E-state index contributed by atoms with van der Waals surface area (Å²) < 4.78 is 21.5. The number of allylic oxidation sites excluding steroid dienone is 1. The van der Waals surface area contributed by atoms with Crippen LogP contribution in [0, 0.1) is 5.82 Å². The first-order valence-corrected chi connectivity index (χ1v) is 14.0. The van der Waals surface area contributed by atoms with Gasteiger partial charge in [0.15, 0.2) is 0 Å². The number of nitrogens with one attached hydrogen (secondary N) is 1. The second-order valence-electron chi connectivity index (χ2n) is 9.62. The molecule has 1 amide bonds. The fourth-order valence-electron chi connectivity index (χ4n) is 4.64. The zero-order chi connectivity index (χ0) is 28.4. The molecule has 0 atom stereocenters. The number of carbonyl (C=O) groups is 1. The highest BCUT2D eigenvalue weighted by Gasteiger charge is 2.27. The van der Waals surface area contributed by atoms with Gasteiger partial charge in [-0.05, 0) is 50.3 Å². The predicted octanol–water partition coefficient (Wildman–Crippen LogP) is 5.90. The Kier molecular flexibility index (Phi) is 8.16. The summed E-state index contributed by atoms with van der Waals surface area (Å²) in [5.74, 6) is -0.454. The molecule has 0 aliphatic carbocycles. The first kappa shape index (κ1) is 27.8. The van der Waals surface area contributed by atoms with E-state index >= 15 is 0 Å². The molecule has 0 bridgehead atoms. The Morgan fingerprint density at radius 3 is 2.52 bits per heavy atom. The van der Waals surface area contributed by atoms with Crippen LogP contribution in [0.4, 0.5) is 4.39 Å². The smallest absolute Gasteiger partial charge is 0.266 e. The molecule has 0 spiro atoms. The van der Waals surface area contributed by atoms with Crippen LogP contribution < -0.4 is 15.6 Å². The molecule has 1 fully saturated rings. The molecule has 206 valence electrons. The van der Waals surface area contributed by atoms with Crippen molar-refractivity contribution in [3.63, 3.8) is 0 Å². The van der Waals surface area contributed by atoms with E-state index in [0.717, 1.165) is 11.1 Å². The van der Waals surface area contributed by atoms with Crippen LogP contribution in [0.3, 0.4) is 0 Å². The maximum absolute atomic E-state index is 14.6. The lowest BCUT2D eigenvalue weighted by molar-refractivity contribution is 0.0735. The molecule has 2 aromatic heterocycles. The summed E-state index contributed by atoms with van der Waals surface area (Å²) in [6, 6.07) is 12.9. The van der Waals surface area contributed by atoms with Crippen molar-refractivity contribution in [1.29, 1.82) is 0 Å². The van der Waals surface area contributed by atoms with E-state index in [4.69, 9.17) is 21.3 Å². The van der Waals surface area contributed by atoms with Gasteiger partial charge in [-0.25, -0.2) is 9.37 Å². The number of ether oxygens (including phenoxy) is 1. The molecule has 1 N–H and O–H groups in total. The molecule has 0 radical (unpaired) electrons. The number of piperazine rings is 1. The van der Waals surface area contributed by atoms with Crippen molar-refractivity contribution in [3.8, 4) is 33.3 Å². The summed E-state index contributed by atoms with van der Waals surface area (Å²) in [5, 5.41) is 6.16. The monoisotopic (exact) mass is 578 g/mol. The molecular weight excluding hydrogens is 551 g/mol. The first-order valence-electron chi connectivity index (χ1n) is 12.8. The van der Waals surface area contributed by atoms with E-state index in [2.05, 4.69) is 5.32 Å². The van der Waals surface area contributed by atoms with Crippen molar-refractivity contribution in [3.05, 3.63) is 91.9 Å². The van der Waals surface area contributed by atoms with Crippen LogP contribution in [0.15, 0.2) is 64.3 Å². The van der Waals surface area contributed by atoms with Crippen molar-refractivity contribution < 1.29 is 13.9 Å². The highest BCUT2D eigenvalue weighted by atomic mass is 35.5. The maximum Gasteiger partial charge on any atom is 0.266 e. The average Bonchev–Trinajstić information content (AvgIpc) is 3.43. The molecule has 0 saturated carbocycles.